The number of rotatable bonds is 4. The van der Waals surface area contributed by atoms with Crippen LogP contribution in [0.25, 0.3) is 0 Å². The van der Waals surface area contributed by atoms with Crippen LogP contribution in [0, 0.1) is 17.2 Å². The van der Waals surface area contributed by atoms with Crippen molar-refractivity contribution in [1.82, 2.24) is 14.7 Å². The molecule has 6 heteroatoms. The molecule has 0 N–H and O–H groups in total. The molecule has 1 aliphatic carbocycles. The van der Waals surface area contributed by atoms with E-state index in [0.29, 0.717) is 12.5 Å². The highest BCUT2D eigenvalue weighted by atomic mass is 16.5. The predicted octanol–water partition coefficient (Wildman–Crippen LogP) is 0.934. The van der Waals surface area contributed by atoms with Crippen LogP contribution >= 0.6 is 0 Å². The van der Waals surface area contributed by atoms with Gasteiger partial charge in [-0.3, -0.25) is 14.6 Å². The molecule has 1 saturated carbocycles. The molecule has 134 valence electrons. The van der Waals surface area contributed by atoms with Crippen molar-refractivity contribution in [1.29, 1.82) is 5.26 Å². The van der Waals surface area contributed by atoms with Crippen LogP contribution in [0.15, 0.2) is 0 Å². The summed E-state index contributed by atoms with van der Waals surface area (Å²) >= 11 is 0. The Morgan fingerprint density at radius 1 is 1.21 bits per heavy atom. The maximum absolute atomic E-state index is 12.6. The Kier molecular flexibility index (Phi) is 5.43. The van der Waals surface area contributed by atoms with Gasteiger partial charge in [-0.25, -0.2) is 0 Å². The smallest absolute Gasteiger partial charge is 0.236 e. The van der Waals surface area contributed by atoms with Gasteiger partial charge in [0.2, 0.25) is 5.91 Å². The number of morpholine rings is 1. The van der Waals surface area contributed by atoms with Crippen LogP contribution in [0.2, 0.25) is 0 Å². The summed E-state index contributed by atoms with van der Waals surface area (Å²) in [5, 5.41) is 9.33. The van der Waals surface area contributed by atoms with Crippen molar-refractivity contribution in [2.45, 2.75) is 44.8 Å². The highest BCUT2D eigenvalue weighted by Gasteiger charge is 2.42. The van der Waals surface area contributed by atoms with E-state index in [-0.39, 0.29) is 17.6 Å². The van der Waals surface area contributed by atoms with E-state index in [4.69, 9.17) is 4.74 Å². The number of carbonyl (C=O) groups excluding carboxylic acids is 1. The predicted molar refractivity (Wildman–Crippen MR) is 91.4 cm³/mol. The van der Waals surface area contributed by atoms with Gasteiger partial charge in [-0.1, -0.05) is 13.8 Å². The monoisotopic (exact) mass is 334 g/mol. The fraction of sp³-hybridized carbons (Fsp3) is 0.889. The summed E-state index contributed by atoms with van der Waals surface area (Å²) < 4.78 is 5.93. The summed E-state index contributed by atoms with van der Waals surface area (Å²) in [6.45, 7) is 10.3. The number of hydrogen-bond donors (Lipinski definition) is 0. The van der Waals surface area contributed by atoms with Gasteiger partial charge in [0.05, 0.1) is 24.8 Å². The Labute approximate surface area is 145 Å². The first kappa shape index (κ1) is 17.7. The molecule has 0 aromatic carbocycles. The molecule has 3 aliphatic rings. The first-order valence-electron chi connectivity index (χ1n) is 9.31. The van der Waals surface area contributed by atoms with Crippen LogP contribution in [0.1, 0.15) is 33.1 Å². The summed E-state index contributed by atoms with van der Waals surface area (Å²) in [5.41, 5.74) is 0.0501. The lowest BCUT2D eigenvalue weighted by molar-refractivity contribution is -0.158. The maximum atomic E-state index is 12.6. The van der Waals surface area contributed by atoms with Crippen LogP contribution in [-0.2, 0) is 9.53 Å². The zero-order chi connectivity index (χ0) is 17.2. The molecule has 3 fully saturated rings. The molecule has 0 aromatic rings. The molecule has 2 heterocycles. The molecule has 1 atom stereocenters. The van der Waals surface area contributed by atoms with Crippen molar-refractivity contribution >= 4 is 5.91 Å². The lowest BCUT2D eigenvalue weighted by Crippen LogP contribution is -2.58. The highest BCUT2D eigenvalue weighted by molar-refractivity contribution is 5.78. The fourth-order valence-corrected chi connectivity index (χ4v) is 4.13. The van der Waals surface area contributed by atoms with Gasteiger partial charge in [0, 0.05) is 39.3 Å². The Morgan fingerprint density at radius 3 is 2.46 bits per heavy atom. The molecule has 0 aromatic heterocycles. The van der Waals surface area contributed by atoms with E-state index in [2.05, 4.69) is 29.7 Å². The molecule has 0 bridgehead atoms. The first-order chi connectivity index (χ1) is 11.5. The second-order valence-corrected chi connectivity index (χ2v) is 7.83. The number of nitrogens with zero attached hydrogens (tertiary/aromatic N) is 4. The largest absolute Gasteiger partial charge is 0.372 e. The standard InChI is InChI=1S/C18H30N4O2/c1-15(2)16(12-19)21-6-8-22(9-7-21)17(23)13-20-10-11-24-18(14-20)4-3-5-18/h15-16H,3-11,13-14H2,1-2H3/t16-/m0/s1. The molecular formula is C18H30N4O2. The number of amides is 1. The number of hydrogen-bond acceptors (Lipinski definition) is 5. The molecule has 6 nitrogen and oxygen atoms in total. The maximum Gasteiger partial charge on any atom is 0.236 e. The van der Waals surface area contributed by atoms with Crippen molar-refractivity contribution in [3.05, 3.63) is 0 Å². The number of carbonyl (C=O) groups is 1. The van der Waals surface area contributed by atoms with Crippen LogP contribution in [0.4, 0.5) is 0 Å². The Bertz CT molecular complexity index is 490. The molecule has 2 aliphatic heterocycles. The minimum atomic E-state index is -0.0417. The van der Waals surface area contributed by atoms with E-state index < -0.39 is 0 Å². The molecular weight excluding hydrogens is 304 g/mol. The fourth-order valence-electron chi connectivity index (χ4n) is 4.13. The van der Waals surface area contributed by atoms with Crippen LogP contribution in [0.3, 0.4) is 0 Å². The third-order valence-electron chi connectivity index (χ3n) is 5.78. The molecule has 2 saturated heterocycles. The molecule has 1 amide bonds. The van der Waals surface area contributed by atoms with Crippen molar-refractivity contribution in [3.8, 4) is 6.07 Å². The number of ether oxygens (including phenoxy) is 1. The minimum Gasteiger partial charge on any atom is -0.372 e. The summed E-state index contributed by atoms with van der Waals surface area (Å²) in [5.74, 6) is 0.549. The number of piperazine rings is 1. The van der Waals surface area contributed by atoms with E-state index >= 15 is 0 Å². The SMILES string of the molecule is CC(C)[C@H](C#N)N1CCN(C(=O)CN2CCOC3(CCC3)C2)CC1. The van der Waals surface area contributed by atoms with Gasteiger partial charge >= 0.3 is 0 Å². The van der Waals surface area contributed by atoms with Gasteiger partial charge in [-0.2, -0.15) is 5.26 Å². The molecule has 0 unspecified atom stereocenters. The first-order valence-corrected chi connectivity index (χ1v) is 9.31. The van der Waals surface area contributed by atoms with Gasteiger partial charge in [-0.15, -0.1) is 0 Å². The quantitative estimate of drug-likeness (QED) is 0.766. The van der Waals surface area contributed by atoms with Gasteiger partial charge in [0.15, 0.2) is 0 Å². The van der Waals surface area contributed by atoms with E-state index in [1.807, 2.05) is 4.90 Å². The third-order valence-corrected chi connectivity index (χ3v) is 5.78. The zero-order valence-electron chi connectivity index (χ0n) is 15.0. The van der Waals surface area contributed by atoms with E-state index in [0.717, 1.165) is 58.7 Å². The topological polar surface area (TPSA) is 59.8 Å². The van der Waals surface area contributed by atoms with E-state index in [1.54, 1.807) is 0 Å². The average molecular weight is 334 g/mol. The zero-order valence-corrected chi connectivity index (χ0v) is 15.0. The normalized spacial score (nSPS) is 26.2. The van der Waals surface area contributed by atoms with Gasteiger partial charge in [-0.05, 0) is 25.2 Å². The second kappa shape index (κ2) is 7.38. The number of nitriles is 1. The van der Waals surface area contributed by atoms with Crippen molar-refractivity contribution < 1.29 is 9.53 Å². The van der Waals surface area contributed by atoms with Gasteiger partial charge in [0.1, 0.15) is 6.04 Å². The van der Waals surface area contributed by atoms with Crippen LogP contribution < -0.4 is 0 Å². The molecule has 0 radical (unpaired) electrons. The summed E-state index contributed by atoms with van der Waals surface area (Å²) in [6, 6.07) is 2.36. The summed E-state index contributed by atoms with van der Waals surface area (Å²) in [7, 11) is 0. The van der Waals surface area contributed by atoms with Crippen LogP contribution in [0.5, 0.6) is 0 Å². The summed E-state index contributed by atoms with van der Waals surface area (Å²) in [4.78, 5) is 19.1. The van der Waals surface area contributed by atoms with Gasteiger partial charge in [0.25, 0.3) is 0 Å². The minimum absolute atomic E-state index is 0.0417. The van der Waals surface area contributed by atoms with Crippen molar-refractivity contribution in [2.75, 3.05) is 52.4 Å². The lowest BCUT2D eigenvalue weighted by Gasteiger charge is -2.48. The Hall–Kier alpha value is -1.16. The molecule has 1 spiro atoms. The van der Waals surface area contributed by atoms with Gasteiger partial charge < -0.3 is 9.64 Å². The second-order valence-electron chi connectivity index (χ2n) is 7.83. The molecule has 24 heavy (non-hydrogen) atoms. The van der Waals surface area contributed by atoms with E-state index in [1.165, 1.54) is 6.42 Å². The van der Waals surface area contributed by atoms with Crippen molar-refractivity contribution in [2.24, 2.45) is 5.92 Å². The van der Waals surface area contributed by atoms with Crippen molar-refractivity contribution in [3.63, 3.8) is 0 Å². The van der Waals surface area contributed by atoms with Crippen LogP contribution in [-0.4, -0.2) is 84.7 Å². The Morgan fingerprint density at radius 2 is 1.92 bits per heavy atom. The average Bonchev–Trinajstić information content (AvgIpc) is 2.54. The lowest BCUT2D eigenvalue weighted by atomic mass is 9.79. The molecule has 3 rings (SSSR count). The summed E-state index contributed by atoms with van der Waals surface area (Å²) in [6.07, 6.45) is 3.53. The third kappa shape index (κ3) is 3.74. The van der Waals surface area contributed by atoms with E-state index in [9.17, 15) is 10.1 Å². The highest BCUT2D eigenvalue weighted by Crippen LogP contribution is 2.38. The Balaban J connectivity index is 1.46.